The number of amides is 1. The minimum atomic E-state index is -0.228. The van der Waals surface area contributed by atoms with Crippen LogP contribution in [0.5, 0.6) is 0 Å². The van der Waals surface area contributed by atoms with Crippen LogP contribution in [-0.4, -0.2) is 63.3 Å². The number of rotatable bonds is 3. The first-order valence-electron chi connectivity index (χ1n) is 9.11. The minimum Gasteiger partial charge on any atom is -0.368 e. The van der Waals surface area contributed by atoms with Crippen LogP contribution in [0.3, 0.4) is 0 Å². The maximum absolute atomic E-state index is 12.9. The van der Waals surface area contributed by atoms with Crippen molar-refractivity contribution in [2.24, 2.45) is 7.05 Å². The zero-order valence-electron chi connectivity index (χ0n) is 15.3. The molecule has 8 heteroatoms. The van der Waals surface area contributed by atoms with Gasteiger partial charge in [0, 0.05) is 39.1 Å². The molecule has 2 aliphatic heterocycles. The van der Waals surface area contributed by atoms with Gasteiger partial charge in [0.2, 0.25) is 5.95 Å². The second-order valence-corrected chi connectivity index (χ2v) is 6.89. The lowest BCUT2D eigenvalue weighted by Gasteiger charge is -2.32. The summed E-state index contributed by atoms with van der Waals surface area (Å²) in [5.41, 5.74) is 2.23. The van der Waals surface area contributed by atoms with E-state index in [4.69, 9.17) is 9.72 Å². The molecule has 0 radical (unpaired) electrons. The van der Waals surface area contributed by atoms with Crippen LogP contribution in [0.1, 0.15) is 40.7 Å². The Labute approximate surface area is 152 Å². The number of carbonyl (C=O) groups is 1. The predicted molar refractivity (Wildman–Crippen MR) is 96.0 cm³/mol. The molecule has 2 fully saturated rings. The molecule has 0 unspecified atom stereocenters. The van der Waals surface area contributed by atoms with Gasteiger partial charge in [-0.1, -0.05) is 0 Å². The van der Waals surface area contributed by atoms with Crippen LogP contribution in [0.2, 0.25) is 0 Å². The zero-order valence-corrected chi connectivity index (χ0v) is 15.3. The van der Waals surface area contributed by atoms with Crippen LogP contribution in [0.4, 0.5) is 5.95 Å². The molecule has 4 heterocycles. The molecule has 1 atom stereocenters. The fraction of sp³-hybridized carbons (Fsp3) is 0.556. The van der Waals surface area contributed by atoms with Gasteiger partial charge in [-0.05, 0) is 25.8 Å². The highest BCUT2D eigenvalue weighted by Gasteiger charge is 2.29. The van der Waals surface area contributed by atoms with E-state index in [2.05, 4.69) is 15.0 Å². The molecule has 0 bridgehead atoms. The summed E-state index contributed by atoms with van der Waals surface area (Å²) in [4.78, 5) is 26.0. The van der Waals surface area contributed by atoms with Crippen LogP contribution in [0, 0.1) is 6.92 Å². The highest BCUT2D eigenvalue weighted by Crippen LogP contribution is 2.24. The number of ether oxygens (including phenoxy) is 1. The molecule has 0 spiro atoms. The van der Waals surface area contributed by atoms with Crippen LogP contribution >= 0.6 is 0 Å². The Morgan fingerprint density at radius 1 is 1.27 bits per heavy atom. The van der Waals surface area contributed by atoms with Gasteiger partial charge in [0.15, 0.2) is 0 Å². The zero-order chi connectivity index (χ0) is 18.1. The number of aryl methyl sites for hydroxylation is 2. The molecule has 26 heavy (non-hydrogen) atoms. The summed E-state index contributed by atoms with van der Waals surface area (Å²) in [5, 5.41) is 4.27. The van der Waals surface area contributed by atoms with E-state index in [-0.39, 0.29) is 12.0 Å². The van der Waals surface area contributed by atoms with E-state index in [1.165, 1.54) is 12.8 Å². The van der Waals surface area contributed by atoms with E-state index < -0.39 is 0 Å². The Morgan fingerprint density at radius 2 is 2.08 bits per heavy atom. The molecule has 0 saturated carbocycles. The van der Waals surface area contributed by atoms with Crippen molar-refractivity contribution in [1.29, 1.82) is 0 Å². The van der Waals surface area contributed by atoms with E-state index in [0.717, 1.165) is 30.4 Å². The van der Waals surface area contributed by atoms with Crippen LogP contribution in [-0.2, 0) is 11.8 Å². The Morgan fingerprint density at radius 3 is 2.81 bits per heavy atom. The molecule has 2 saturated heterocycles. The van der Waals surface area contributed by atoms with E-state index in [0.29, 0.717) is 25.3 Å². The maximum atomic E-state index is 12.9. The lowest BCUT2D eigenvalue weighted by Crippen LogP contribution is -2.42. The summed E-state index contributed by atoms with van der Waals surface area (Å²) in [5.74, 6) is 0.757. The number of carbonyl (C=O) groups excluding carboxylic acids is 1. The Balaban J connectivity index is 1.51. The fourth-order valence-corrected chi connectivity index (χ4v) is 3.60. The Kier molecular flexibility index (Phi) is 4.58. The maximum Gasteiger partial charge on any atom is 0.257 e. The molecule has 1 amide bonds. The van der Waals surface area contributed by atoms with Gasteiger partial charge in [0.05, 0.1) is 30.1 Å². The Hall–Kier alpha value is -2.48. The predicted octanol–water partition coefficient (Wildman–Crippen LogP) is 1.33. The summed E-state index contributed by atoms with van der Waals surface area (Å²) in [6, 6.07) is 1.88. The lowest BCUT2D eigenvalue weighted by molar-refractivity contribution is -0.0247. The molecular formula is C18H24N6O2. The molecule has 2 aliphatic rings. The average Bonchev–Trinajstić information content (AvgIpc) is 3.31. The highest BCUT2D eigenvalue weighted by atomic mass is 16.5. The normalized spacial score (nSPS) is 20.6. The van der Waals surface area contributed by atoms with Crippen LogP contribution in [0.15, 0.2) is 18.5 Å². The number of nitrogens with zero attached hydrogens (tertiary/aromatic N) is 6. The minimum absolute atomic E-state index is 0.00211. The summed E-state index contributed by atoms with van der Waals surface area (Å²) >= 11 is 0. The standard InChI is InChI=1S/C18H24N6O2/c1-13-14(11-22(2)21-13)17(25)24-9-10-26-16(12-24)15-5-6-19-18(20-15)23-7-3-4-8-23/h5-6,11,16H,3-4,7-10,12H2,1-2H3/t16-/m1/s1. The summed E-state index contributed by atoms with van der Waals surface area (Å²) in [6.07, 6.45) is 5.69. The first kappa shape index (κ1) is 17.0. The van der Waals surface area contributed by atoms with E-state index >= 15 is 0 Å². The van der Waals surface area contributed by atoms with Crippen molar-refractivity contribution in [2.45, 2.75) is 25.9 Å². The van der Waals surface area contributed by atoms with E-state index in [1.54, 1.807) is 17.1 Å². The molecule has 138 valence electrons. The van der Waals surface area contributed by atoms with Crippen molar-refractivity contribution < 1.29 is 9.53 Å². The van der Waals surface area contributed by atoms with Crippen molar-refractivity contribution in [3.8, 4) is 0 Å². The highest BCUT2D eigenvalue weighted by molar-refractivity contribution is 5.95. The molecular weight excluding hydrogens is 332 g/mol. The van der Waals surface area contributed by atoms with Crippen LogP contribution < -0.4 is 4.90 Å². The molecule has 2 aromatic rings. The first-order chi connectivity index (χ1) is 12.6. The largest absolute Gasteiger partial charge is 0.368 e. The smallest absolute Gasteiger partial charge is 0.257 e. The SMILES string of the molecule is Cc1nn(C)cc1C(=O)N1CCO[C@@H](c2ccnc(N3CCCC3)n2)C1. The first-order valence-corrected chi connectivity index (χ1v) is 9.11. The van der Waals surface area contributed by atoms with Gasteiger partial charge >= 0.3 is 0 Å². The average molecular weight is 356 g/mol. The molecule has 4 rings (SSSR count). The summed E-state index contributed by atoms with van der Waals surface area (Å²) < 4.78 is 7.58. The van der Waals surface area contributed by atoms with Gasteiger partial charge in [-0.3, -0.25) is 9.48 Å². The Bertz CT molecular complexity index is 799. The lowest BCUT2D eigenvalue weighted by atomic mass is 10.1. The molecule has 0 aliphatic carbocycles. The third-order valence-corrected chi connectivity index (χ3v) is 4.98. The van der Waals surface area contributed by atoms with Gasteiger partial charge in [0.1, 0.15) is 6.10 Å². The van der Waals surface area contributed by atoms with Gasteiger partial charge in [0.25, 0.3) is 5.91 Å². The third-order valence-electron chi connectivity index (χ3n) is 4.98. The fourth-order valence-electron chi connectivity index (χ4n) is 3.60. The van der Waals surface area contributed by atoms with Crippen molar-refractivity contribution >= 4 is 11.9 Å². The number of hydrogen-bond donors (Lipinski definition) is 0. The monoisotopic (exact) mass is 356 g/mol. The van der Waals surface area contributed by atoms with Crippen molar-refractivity contribution in [3.05, 3.63) is 35.4 Å². The van der Waals surface area contributed by atoms with E-state index in [9.17, 15) is 4.79 Å². The van der Waals surface area contributed by atoms with Gasteiger partial charge in [-0.15, -0.1) is 0 Å². The molecule has 8 nitrogen and oxygen atoms in total. The van der Waals surface area contributed by atoms with Gasteiger partial charge in [-0.2, -0.15) is 5.10 Å². The topological polar surface area (TPSA) is 76.4 Å². The molecule has 0 aromatic carbocycles. The molecule has 2 aromatic heterocycles. The van der Waals surface area contributed by atoms with Crippen molar-refractivity contribution in [2.75, 3.05) is 37.7 Å². The number of hydrogen-bond acceptors (Lipinski definition) is 6. The summed E-state index contributed by atoms with van der Waals surface area (Å²) in [6.45, 7) is 5.42. The van der Waals surface area contributed by atoms with Crippen LogP contribution in [0.25, 0.3) is 0 Å². The molecule has 0 N–H and O–H groups in total. The number of anilines is 1. The quantitative estimate of drug-likeness (QED) is 0.826. The second-order valence-electron chi connectivity index (χ2n) is 6.89. The van der Waals surface area contributed by atoms with Crippen molar-refractivity contribution in [3.63, 3.8) is 0 Å². The van der Waals surface area contributed by atoms with E-state index in [1.807, 2.05) is 24.9 Å². The van der Waals surface area contributed by atoms with Gasteiger partial charge < -0.3 is 14.5 Å². The summed E-state index contributed by atoms with van der Waals surface area (Å²) in [7, 11) is 1.83. The van der Waals surface area contributed by atoms with Crippen molar-refractivity contribution in [1.82, 2.24) is 24.6 Å². The number of morpholine rings is 1. The second kappa shape index (κ2) is 7.03. The van der Waals surface area contributed by atoms with Gasteiger partial charge in [-0.25, -0.2) is 9.97 Å². The third kappa shape index (κ3) is 3.29. The number of aromatic nitrogens is 4.